The van der Waals surface area contributed by atoms with Gasteiger partial charge in [-0.15, -0.1) is 0 Å². The maximum absolute atomic E-state index is 4.09. The maximum atomic E-state index is 4.09. The van der Waals surface area contributed by atoms with Crippen LogP contribution in [0, 0.1) is 0 Å². The topological polar surface area (TPSA) is 37.8 Å². The second-order valence-electron chi connectivity index (χ2n) is 3.77. The monoisotopic (exact) mass is 221 g/mol. The Bertz CT molecular complexity index is 630. The number of para-hydroxylation sites is 1. The number of aromatic nitrogens is 2. The van der Waals surface area contributed by atoms with Crippen molar-refractivity contribution in [1.29, 1.82) is 0 Å². The van der Waals surface area contributed by atoms with Gasteiger partial charge in [-0.3, -0.25) is 0 Å². The SMILES string of the molecule is c1ccc(Nc2cnnc3ccccc23)cc1. The Kier molecular flexibility index (Phi) is 2.43. The molecule has 0 bridgehead atoms. The molecule has 0 aliphatic rings. The van der Waals surface area contributed by atoms with Crippen LogP contribution in [0.25, 0.3) is 10.9 Å². The average molecular weight is 221 g/mol. The van der Waals surface area contributed by atoms with Gasteiger partial charge in [0.1, 0.15) is 0 Å². The van der Waals surface area contributed by atoms with E-state index in [4.69, 9.17) is 0 Å². The predicted octanol–water partition coefficient (Wildman–Crippen LogP) is 3.37. The van der Waals surface area contributed by atoms with E-state index in [0.29, 0.717) is 0 Å². The van der Waals surface area contributed by atoms with Crippen molar-refractivity contribution < 1.29 is 0 Å². The largest absolute Gasteiger partial charge is 0.354 e. The summed E-state index contributed by atoms with van der Waals surface area (Å²) in [5.74, 6) is 0. The van der Waals surface area contributed by atoms with Crippen LogP contribution in [-0.2, 0) is 0 Å². The Hall–Kier alpha value is -2.42. The number of nitrogens with one attached hydrogen (secondary N) is 1. The minimum absolute atomic E-state index is 0.897. The number of hydrogen-bond acceptors (Lipinski definition) is 3. The molecule has 0 atom stereocenters. The number of hydrogen-bond donors (Lipinski definition) is 1. The number of fused-ring (bicyclic) bond motifs is 1. The fourth-order valence-corrected chi connectivity index (χ4v) is 1.78. The first kappa shape index (κ1) is 9.78. The summed E-state index contributed by atoms with van der Waals surface area (Å²) in [5.41, 5.74) is 2.92. The molecule has 1 N–H and O–H groups in total. The second kappa shape index (κ2) is 4.22. The summed E-state index contributed by atoms with van der Waals surface area (Å²) in [4.78, 5) is 0. The van der Waals surface area contributed by atoms with Gasteiger partial charge in [0.25, 0.3) is 0 Å². The van der Waals surface area contributed by atoms with E-state index in [1.165, 1.54) is 0 Å². The lowest BCUT2D eigenvalue weighted by Crippen LogP contribution is -1.93. The van der Waals surface area contributed by atoms with E-state index >= 15 is 0 Å². The molecule has 82 valence electrons. The Morgan fingerprint density at radius 2 is 1.59 bits per heavy atom. The Morgan fingerprint density at radius 1 is 0.824 bits per heavy atom. The lowest BCUT2D eigenvalue weighted by Gasteiger charge is -2.07. The fraction of sp³-hybridized carbons (Fsp3) is 0. The van der Waals surface area contributed by atoms with Crippen molar-refractivity contribution in [2.45, 2.75) is 0 Å². The maximum Gasteiger partial charge on any atom is 0.0950 e. The molecular formula is C14H11N3. The van der Waals surface area contributed by atoms with Crippen LogP contribution in [-0.4, -0.2) is 10.2 Å². The van der Waals surface area contributed by atoms with Crippen molar-refractivity contribution >= 4 is 22.3 Å². The molecule has 3 heteroatoms. The molecule has 0 aliphatic heterocycles. The quantitative estimate of drug-likeness (QED) is 0.721. The summed E-state index contributed by atoms with van der Waals surface area (Å²) in [6.45, 7) is 0. The summed E-state index contributed by atoms with van der Waals surface area (Å²) in [6, 6.07) is 18.0. The van der Waals surface area contributed by atoms with E-state index in [0.717, 1.165) is 22.3 Å². The highest BCUT2D eigenvalue weighted by molar-refractivity contribution is 5.91. The molecular weight excluding hydrogens is 210 g/mol. The van der Waals surface area contributed by atoms with Crippen molar-refractivity contribution in [3.8, 4) is 0 Å². The number of nitrogens with zero attached hydrogens (tertiary/aromatic N) is 2. The smallest absolute Gasteiger partial charge is 0.0950 e. The predicted molar refractivity (Wildman–Crippen MR) is 69.3 cm³/mol. The summed E-state index contributed by atoms with van der Waals surface area (Å²) in [5, 5.41) is 12.5. The number of rotatable bonds is 2. The molecule has 0 spiro atoms. The zero-order valence-electron chi connectivity index (χ0n) is 9.17. The lowest BCUT2D eigenvalue weighted by atomic mass is 10.2. The third-order valence-corrected chi connectivity index (χ3v) is 2.60. The average Bonchev–Trinajstić information content (AvgIpc) is 2.40. The lowest BCUT2D eigenvalue weighted by molar-refractivity contribution is 1.08. The van der Waals surface area contributed by atoms with Gasteiger partial charge in [0.05, 0.1) is 17.4 Å². The van der Waals surface area contributed by atoms with Gasteiger partial charge in [-0.1, -0.05) is 36.4 Å². The van der Waals surface area contributed by atoms with Crippen LogP contribution in [0.2, 0.25) is 0 Å². The first-order valence-electron chi connectivity index (χ1n) is 5.46. The first-order valence-corrected chi connectivity index (χ1v) is 5.46. The third-order valence-electron chi connectivity index (χ3n) is 2.60. The normalized spacial score (nSPS) is 10.4. The molecule has 0 fully saturated rings. The van der Waals surface area contributed by atoms with Gasteiger partial charge in [0.15, 0.2) is 0 Å². The van der Waals surface area contributed by atoms with Gasteiger partial charge < -0.3 is 5.32 Å². The van der Waals surface area contributed by atoms with Crippen LogP contribution in [0.3, 0.4) is 0 Å². The molecule has 1 aromatic heterocycles. The molecule has 0 saturated heterocycles. The van der Waals surface area contributed by atoms with Gasteiger partial charge in [0.2, 0.25) is 0 Å². The van der Waals surface area contributed by atoms with Gasteiger partial charge in [-0.05, 0) is 18.2 Å². The molecule has 0 radical (unpaired) electrons. The molecule has 0 aliphatic carbocycles. The number of anilines is 2. The van der Waals surface area contributed by atoms with Gasteiger partial charge >= 0.3 is 0 Å². The molecule has 1 heterocycles. The Morgan fingerprint density at radius 3 is 2.47 bits per heavy atom. The number of benzene rings is 2. The standard InChI is InChI=1S/C14H11N3/c1-2-6-11(7-3-1)16-14-10-15-17-13-9-5-4-8-12(13)14/h1-10H,(H,16,17). The third kappa shape index (κ3) is 1.95. The van der Waals surface area contributed by atoms with Crippen LogP contribution < -0.4 is 5.32 Å². The van der Waals surface area contributed by atoms with E-state index in [-0.39, 0.29) is 0 Å². The molecule has 17 heavy (non-hydrogen) atoms. The fourth-order valence-electron chi connectivity index (χ4n) is 1.78. The van der Waals surface area contributed by atoms with Crippen LogP contribution >= 0.6 is 0 Å². The van der Waals surface area contributed by atoms with Crippen molar-refractivity contribution in [1.82, 2.24) is 10.2 Å². The molecule has 3 aromatic rings. The van der Waals surface area contributed by atoms with Gasteiger partial charge in [-0.2, -0.15) is 10.2 Å². The van der Waals surface area contributed by atoms with Crippen molar-refractivity contribution in [3.05, 3.63) is 60.8 Å². The van der Waals surface area contributed by atoms with E-state index in [1.54, 1.807) is 6.20 Å². The zero-order valence-corrected chi connectivity index (χ0v) is 9.17. The van der Waals surface area contributed by atoms with Crippen LogP contribution in [0.15, 0.2) is 60.8 Å². The van der Waals surface area contributed by atoms with Crippen LogP contribution in [0.4, 0.5) is 11.4 Å². The minimum Gasteiger partial charge on any atom is -0.354 e. The van der Waals surface area contributed by atoms with E-state index in [1.807, 2.05) is 54.6 Å². The van der Waals surface area contributed by atoms with Crippen molar-refractivity contribution in [2.24, 2.45) is 0 Å². The summed E-state index contributed by atoms with van der Waals surface area (Å²) in [7, 11) is 0. The highest BCUT2D eigenvalue weighted by atomic mass is 15.1. The van der Waals surface area contributed by atoms with Crippen molar-refractivity contribution in [3.63, 3.8) is 0 Å². The molecule has 3 nitrogen and oxygen atoms in total. The second-order valence-corrected chi connectivity index (χ2v) is 3.77. The first-order chi connectivity index (χ1) is 8.43. The van der Waals surface area contributed by atoms with Crippen molar-refractivity contribution in [2.75, 3.05) is 5.32 Å². The molecule has 0 saturated carbocycles. The Balaban J connectivity index is 2.06. The summed E-state index contributed by atoms with van der Waals surface area (Å²) in [6.07, 6.45) is 1.75. The van der Waals surface area contributed by atoms with Crippen LogP contribution in [0.5, 0.6) is 0 Å². The minimum atomic E-state index is 0.897. The zero-order chi connectivity index (χ0) is 11.5. The summed E-state index contributed by atoms with van der Waals surface area (Å²) < 4.78 is 0. The van der Waals surface area contributed by atoms with E-state index in [9.17, 15) is 0 Å². The molecule has 0 amide bonds. The Labute approximate surface area is 99.1 Å². The highest BCUT2D eigenvalue weighted by Gasteiger charge is 2.01. The molecule has 3 rings (SSSR count). The van der Waals surface area contributed by atoms with Crippen LogP contribution in [0.1, 0.15) is 0 Å². The van der Waals surface area contributed by atoms with E-state index in [2.05, 4.69) is 15.5 Å². The van der Waals surface area contributed by atoms with Gasteiger partial charge in [0, 0.05) is 11.1 Å². The molecule has 2 aromatic carbocycles. The summed E-state index contributed by atoms with van der Waals surface area (Å²) >= 11 is 0. The molecule has 0 unspecified atom stereocenters. The van der Waals surface area contributed by atoms with E-state index < -0.39 is 0 Å². The van der Waals surface area contributed by atoms with Gasteiger partial charge in [-0.25, -0.2) is 0 Å². The highest BCUT2D eigenvalue weighted by Crippen LogP contribution is 2.23.